The Morgan fingerprint density at radius 2 is 2.04 bits per heavy atom. The fraction of sp³-hybridized carbons (Fsp3) is 0.650. The van der Waals surface area contributed by atoms with Gasteiger partial charge >= 0.3 is 0 Å². The lowest BCUT2D eigenvalue weighted by Crippen LogP contribution is -2.39. The van der Waals surface area contributed by atoms with Gasteiger partial charge in [-0.05, 0) is 38.0 Å². The van der Waals surface area contributed by atoms with Crippen molar-refractivity contribution in [3.8, 4) is 5.75 Å². The number of hydrogen-bond donors (Lipinski definition) is 1. The average Bonchev–Trinajstić information content (AvgIpc) is 3.09. The number of benzene rings is 1. The van der Waals surface area contributed by atoms with Gasteiger partial charge in [-0.25, -0.2) is 0 Å². The van der Waals surface area contributed by atoms with Crippen molar-refractivity contribution >= 4 is 5.96 Å². The largest absolute Gasteiger partial charge is 0.491 e. The minimum Gasteiger partial charge on any atom is -0.491 e. The highest BCUT2D eigenvalue weighted by Gasteiger charge is 2.24. The van der Waals surface area contributed by atoms with Gasteiger partial charge in [0.15, 0.2) is 5.96 Å². The summed E-state index contributed by atoms with van der Waals surface area (Å²) in [6.45, 7) is 8.91. The van der Waals surface area contributed by atoms with Crippen LogP contribution in [0.4, 0.5) is 0 Å². The van der Waals surface area contributed by atoms with E-state index in [-0.39, 0.29) is 6.10 Å². The summed E-state index contributed by atoms with van der Waals surface area (Å²) in [5.74, 6) is 2.41. The highest BCUT2D eigenvalue weighted by molar-refractivity contribution is 5.80. The Labute approximate surface area is 157 Å². The first-order valence-electron chi connectivity index (χ1n) is 9.40. The molecule has 6 heteroatoms. The van der Waals surface area contributed by atoms with Gasteiger partial charge in [-0.2, -0.15) is 0 Å². The molecule has 0 amide bonds. The number of ether oxygens (including phenoxy) is 3. The van der Waals surface area contributed by atoms with Gasteiger partial charge in [0.1, 0.15) is 5.75 Å². The molecule has 2 rings (SSSR count). The zero-order chi connectivity index (χ0) is 18.8. The summed E-state index contributed by atoms with van der Waals surface area (Å²) in [5, 5.41) is 3.46. The first-order valence-corrected chi connectivity index (χ1v) is 9.40. The number of guanidine groups is 1. The summed E-state index contributed by atoms with van der Waals surface area (Å²) in [6, 6.07) is 8.22. The second-order valence-electron chi connectivity index (χ2n) is 6.88. The molecule has 0 bridgehead atoms. The smallest absolute Gasteiger partial charge is 0.193 e. The van der Waals surface area contributed by atoms with Gasteiger partial charge in [0, 0.05) is 39.7 Å². The summed E-state index contributed by atoms with van der Waals surface area (Å²) in [4.78, 5) is 6.74. The van der Waals surface area contributed by atoms with E-state index in [0.29, 0.717) is 19.1 Å². The maximum Gasteiger partial charge on any atom is 0.193 e. The molecule has 1 aliphatic rings. The highest BCUT2D eigenvalue weighted by Crippen LogP contribution is 2.17. The Bertz CT molecular complexity index is 546. The van der Waals surface area contributed by atoms with Crippen molar-refractivity contribution in [3.05, 3.63) is 29.8 Å². The van der Waals surface area contributed by atoms with E-state index < -0.39 is 0 Å². The lowest BCUT2D eigenvalue weighted by atomic mass is 10.1. The number of nitrogens with zero attached hydrogens (tertiary/aromatic N) is 2. The predicted octanol–water partition coefficient (Wildman–Crippen LogP) is 2.53. The molecule has 0 aromatic heterocycles. The number of rotatable bonds is 9. The molecule has 0 saturated carbocycles. The third kappa shape index (κ3) is 6.84. The van der Waals surface area contributed by atoms with E-state index in [0.717, 1.165) is 44.4 Å². The van der Waals surface area contributed by atoms with E-state index in [9.17, 15) is 0 Å². The first kappa shape index (κ1) is 20.5. The molecule has 1 aromatic carbocycles. The van der Waals surface area contributed by atoms with E-state index >= 15 is 0 Å². The summed E-state index contributed by atoms with van der Waals surface area (Å²) >= 11 is 0. The molecule has 1 aliphatic heterocycles. The van der Waals surface area contributed by atoms with Crippen LogP contribution in [0.5, 0.6) is 5.75 Å². The number of likely N-dealkylation sites (tertiary alicyclic amines) is 1. The maximum atomic E-state index is 5.68. The second kappa shape index (κ2) is 11.0. The molecule has 0 spiro atoms. The van der Waals surface area contributed by atoms with Crippen LogP contribution in [0.2, 0.25) is 0 Å². The van der Waals surface area contributed by atoms with Gasteiger partial charge in [-0.15, -0.1) is 0 Å². The number of methoxy groups -OCH3 is 1. The van der Waals surface area contributed by atoms with Crippen molar-refractivity contribution in [3.63, 3.8) is 0 Å². The molecule has 0 aliphatic carbocycles. The van der Waals surface area contributed by atoms with Crippen LogP contribution >= 0.6 is 0 Å². The van der Waals surface area contributed by atoms with Crippen LogP contribution in [0.15, 0.2) is 29.3 Å². The van der Waals surface area contributed by atoms with Gasteiger partial charge in [-0.1, -0.05) is 12.1 Å². The SMILES string of the molecule is CN=C(NCc1ccc(OC(C)C)cc1)N1CCC(COCCOC)C1. The summed E-state index contributed by atoms with van der Waals surface area (Å²) < 4.78 is 16.4. The Kier molecular flexibility index (Phi) is 8.71. The monoisotopic (exact) mass is 363 g/mol. The fourth-order valence-electron chi connectivity index (χ4n) is 3.02. The molecule has 146 valence electrons. The van der Waals surface area contributed by atoms with E-state index in [2.05, 4.69) is 27.3 Å². The van der Waals surface area contributed by atoms with Crippen molar-refractivity contribution in [2.45, 2.75) is 32.9 Å². The van der Waals surface area contributed by atoms with Gasteiger partial charge in [-0.3, -0.25) is 4.99 Å². The van der Waals surface area contributed by atoms with Crippen LogP contribution in [0.3, 0.4) is 0 Å². The van der Waals surface area contributed by atoms with Crippen molar-refractivity contribution in [1.29, 1.82) is 0 Å². The lowest BCUT2D eigenvalue weighted by molar-refractivity contribution is 0.0536. The molecule has 1 fully saturated rings. The zero-order valence-corrected chi connectivity index (χ0v) is 16.5. The first-order chi connectivity index (χ1) is 12.6. The van der Waals surface area contributed by atoms with Gasteiger partial charge in [0.2, 0.25) is 0 Å². The third-order valence-electron chi connectivity index (χ3n) is 4.33. The standard InChI is InChI=1S/C20H33N3O3/c1-16(2)26-19-7-5-17(6-8-19)13-22-20(21-3)23-10-9-18(14-23)15-25-12-11-24-4/h5-8,16,18H,9-15H2,1-4H3,(H,21,22). The molecule has 1 saturated heterocycles. The maximum absolute atomic E-state index is 5.68. The Morgan fingerprint density at radius 3 is 2.69 bits per heavy atom. The lowest BCUT2D eigenvalue weighted by Gasteiger charge is -2.22. The highest BCUT2D eigenvalue weighted by atomic mass is 16.5. The van der Waals surface area contributed by atoms with E-state index in [1.807, 2.05) is 33.0 Å². The summed E-state index contributed by atoms with van der Waals surface area (Å²) in [6.07, 6.45) is 1.33. The molecule has 1 unspecified atom stereocenters. The van der Waals surface area contributed by atoms with E-state index in [4.69, 9.17) is 14.2 Å². The predicted molar refractivity (Wildman–Crippen MR) is 105 cm³/mol. The quantitative estimate of drug-likeness (QED) is 0.415. The van der Waals surface area contributed by atoms with Crippen LogP contribution in [0.25, 0.3) is 0 Å². The van der Waals surface area contributed by atoms with Crippen molar-refractivity contribution < 1.29 is 14.2 Å². The molecule has 26 heavy (non-hydrogen) atoms. The van der Waals surface area contributed by atoms with Crippen LogP contribution in [-0.2, 0) is 16.0 Å². The zero-order valence-electron chi connectivity index (χ0n) is 16.5. The van der Waals surface area contributed by atoms with Crippen molar-refractivity contribution in [2.24, 2.45) is 10.9 Å². The van der Waals surface area contributed by atoms with E-state index in [1.165, 1.54) is 5.56 Å². The molecular weight excluding hydrogens is 330 g/mol. The summed E-state index contributed by atoms with van der Waals surface area (Å²) in [7, 11) is 3.53. The molecule has 1 N–H and O–H groups in total. The molecule has 6 nitrogen and oxygen atoms in total. The second-order valence-corrected chi connectivity index (χ2v) is 6.88. The van der Waals surface area contributed by atoms with Gasteiger partial charge < -0.3 is 24.4 Å². The van der Waals surface area contributed by atoms with Crippen LogP contribution < -0.4 is 10.1 Å². The summed E-state index contributed by atoms with van der Waals surface area (Å²) in [5.41, 5.74) is 1.21. The van der Waals surface area contributed by atoms with Crippen LogP contribution in [0.1, 0.15) is 25.8 Å². The third-order valence-corrected chi connectivity index (χ3v) is 4.33. The molecule has 1 atom stereocenters. The number of aliphatic imine (C=N–C) groups is 1. The fourth-order valence-corrected chi connectivity index (χ4v) is 3.02. The van der Waals surface area contributed by atoms with Gasteiger partial charge in [0.05, 0.1) is 25.9 Å². The minimum absolute atomic E-state index is 0.194. The number of hydrogen-bond acceptors (Lipinski definition) is 4. The van der Waals surface area contributed by atoms with Crippen molar-refractivity contribution in [2.75, 3.05) is 47.1 Å². The average molecular weight is 364 g/mol. The minimum atomic E-state index is 0.194. The Balaban J connectivity index is 1.75. The number of nitrogens with one attached hydrogen (secondary N) is 1. The van der Waals surface area contributed by atoms with Crippen LogP contribution in [-0.4, -0.2) is 64.0 Å². The normalized spacial score (nSPS) is 17.8. The molecular formula is C20H33N3O3. The molecule has 1 heterocycles. The molecule has 0 radical (unpaired) electrons. The Hall–Kier alpha value is -1.79. The van der Waals surface area contributed by atoms with Gasteiger partial charge in [0.25, 0.3) is 0 Å². The van der Waals surface area contributed by atoms with Crippen LogP contribution in [0, 0.1) is 5.92 Å². The topological polar surface area (TPSA) is 55.3 Å². The van der Waals surface area contributed by atoms with Crippen molar-refractivity contribution in [1.82, 2.24) is 10.2 Å². The molecule has 1 aromatic rings. The Morgan fingerprint density at radius 1 is 1.27 bits per heavy atom. The van der Waals surface area contributed by atoms with E-state index in [1.54, 1.807) is 7.11 Å².